The van der Waals surface area contributed by atoms with E-state index >= 15 is 0 Å². The van der Waals surface area contributed by atoms with Gasteiger partial charge in [0.15, 0.2) is 23.3 Å². The first kappa shape index (κ1) is 15.9. The minimum Gasteiger partial charge on any atom is -0.289 e. The molecule has 1 aromatic carbocycles. The molecule has 0 unspecified atom stereocenters. The van der Waals surface area contributed by atoms with E-state index in [9.17, 15) is 39.6 Å². The van der Waals surface area contributed by atoms with E-state index in [0.29, 0.717) is 0 Å². The first-order chi connectivity index (χ1) is 10.2. The van der Waals surface area contributed by atoms with Gasteiger partial charge in [-0.1, -0.05) is 0 Å². The van der Waals surface area contributed by atoms with Gasteiger partial charge < -0.3 is 0 Å². The summed E-state index contributed by atoms with van der Waals surface area (Å²) in [6, 6.07) is 0. The normalized spacial score (nSPS) is 11.0. The van der Waals surface area contributed by atoms with Crippen LogP contribution in [0.3, 0.4) is 0 Å². The summed E-state index contributed by atoms with van der Waals surface area (Å²) in [5.41, 5.74) is -3.77. The van der Waals surface area contributed by atoms with Crippen molar-refractivity contribution in [3.63, 3.8) is 0 Å². The van der Waals surface area contributed by atoms with Gasteiger partial charge in [-0.05, 0) is 0 Å². The molecule has 0 saturated heterocycles. The Bertz CT molecular complexity index is 748. The molecular weight excluding hydrogens is 333 g/mol. The third kappa shape index (κ3) is 2.12. The van der Waals surface area contributed by atoms with Crippen LogP contribution in [0.4, 0.5) is 39.6 Å². The Morgan fingerprint density at radius 1 is 0.591 bits per heavy atom. The number of halogens is 9. The highest BCUT2D eigenvalue weighted by Gasteiger charge is 2.33. The Morgan fingerprint density at radius 2 is 1.05 bits per heavy atom. The van der Waals surface area contributed by atoms with Crippen LogP contribution in [0.2, 0.25) is 0 Å². The first-order valence-electron chi connectivity index (χ1n) is 5.07. The molecule has 0 atom stereocenters. The number of pyridine rings is 1. The molecule has 0 radical (unpaired) electrons. The molecule has 0 aliphatic heterocycles. The van der Waals surface area contributed by atoms with E-state index in [1.54, 1.807) is 0 Å². The molecule has 0 bridgehead atoms. The molecule has 0 saturated carbocycles. The van der Waals surface area contributed by atoms with Crippen LogP contribution in [0.25, 0.3) is 11.3 Å². The third-order valence-corrected chi connectivity index (χ3v) is 2.52. The number of benzene rings is 1. The highest BCUT2D eigenvalue weighted by Crippen LogP contribution is 2.38. The maximum atomic E-state index is 13.5. The Balaban J connectivity index is 2.95. The van der Waals surface area contributed by atoms with Crippen molar-refractivity contribution in [2.24, 2.45) is 0 Å². The van der Waals surface area contributed by atoms with E-state index in [0.717, 1.165) is 0 Å². The Labute approximate surface area is 114 Å². The average Bonchev–Trinajstić information content (AvgIpc) is 2.49. The molecule has 2 aromatic rings. The van der Waals surface area contributed by atoms with E-state index < -0.39 is 63.7 Å². The lowest BCUT2D eigenvalue weighted by molar-refractivity contribution is -0.0114. The number of hydrogen-bond acceptors (Lipinski definition) is 2. The fourth-order valence-electron chi connectivity index (χ4n) is 1.54. The Hall–Kier alpha value is -2.46. The van der Waals surface area contributed by atoms with Crippen LogP contribution < -0.4 is 4.94 Å². The van der Waals surface area contributed by atoms with Crippen molar-refractivity contribution in [3.05, 3.63) is 46.7 Å². The SMILES string of the molecule is FOc1c(-c2c(F)c(F)c(F)c(F)c2F)nc(F)c(F)c1F. The highest BCUT2D eigenvalue weighted by molar-refractivity contribution is 5.68. The number of rotatable bonds is 2. The summed E-state index contributed by atoms with van der Waals surface area (Å²) in [4.78, 5) is 5.20. The predicted molar refractivity (Wildman–Crippen MR) is 51.1 cm³/mol. The molecular formula is C11F9NO. The molecule has 1 heterocycles. The van der Waals surface area contributed by atoms with Gasteiger partial charge in [-0.3, -0.25) is 4.94 Å². The van der Waals surface area contributed by atoms with Crippen LogP contribution in [-0.4, -0.2) is 4.98 Å². The highest BCUT2D eigenvalue weighted by atomic mass is 19.3. The molecule has 11 heteroatoms. The molecule has 0 spiro atoms. The van der Waals surface area contributed by atoms with Gasteiger partial charge in [-0.25, -0.2) is 26.9 Å². The molecule has 2 nitrogen and oxygen atoms in total. The standard InChI is InChI=1S/C11F9NO/c12-2-1(3(13)5(15)6(16)4(2)14)9-10(22-20)7(17)8(18)11(19)21-9. The van der Waals surface area contributed by atoms with Gasteiger partial charge in [0, 0.05) is 4.53 Å². The van der Waals surface area contributed by atoms with E-state index in [2.05, 4.69) is 9.93 Å². The van der Waals surface area contributed by atoms with E-state index in [1.165, 1.54) is 0 Å². The first-order valence-corrected chi connectivity index (χ1v) is 5.07. The maximum Gasteiger partial charge on any atom is 0.252 e. The second-order valence-electron chi connectivity index (χ2n) is 3.73. The van der Waals surface area contributed by atoms with Crippen molar-refractivity contribution in [1.29, 1.82) is 0 Å². The Morgan fingerprint density at radius 3 is 1.50 bits per heavy atom. The summed E-state index contributed by atoms with van der Waals surface area (Å²) in [6.07, 6.45) is 0. The summed E-state index contributed by atoms with van der Waals surface area (Å²) >= 11 is 0. The van der Waals surface area contributed by atoms with Gasteiger partial charge >= 0.3 is 0 Å². The lowest BCUT2D eigenvalue weighted by Gasteiger charge is -2.10. The number of aromatic nitrogens is 1. The molecule has 0 fully saturated rings. The second kappa shape index (κ2) is 5.39. The lowest BCUT2D eigenvalue weighted by atomic mass is 10.1. The monoisotopic (exact) mass is 333 g/mol. The summed E-state index contributed by atoms with van der Waals surface area (Å²) in [5.74, 6) is -21.7. The Kier molecular flexibility index (Phi) is 3.90. The van der Waals surface area contributed by atoms with Crippen LogP contribution in [0, 0.1) is 46.7 Å². The molecule has 0 aliphatic rings. The van der Waals surface area contributed by atoms with Gasteiger partial charge in [0.05, 0.1) is 5.56 Å². The van der Waals surface area contributed by atoms with Crippen LogP contribution in [-0.2, 0) is 0 Å². The van der Waals surface area contributed by atoms with Gasteiger partial charge in [-0.2, -0.15) is 13.2 Å². The van der Waals surface area contributed by atoms with Crippen LogP contribution in [0.15, 0.2) is 0 Å². The minimum absolute atomic E-state index is 1.79. The number of nitrogens with zero attached hydrogens (tertiary/aromatic N) is 1. The van der Waals surface area contributed by atoms with Crippen LogP contribution in [0.1, 0.15) is 0 Å². The molecule has 0 N–H and O–H groups in total. The second-order valence-corrected chi connectivity index (χ2v) is 3.73. The fourth-order valence-corrected chi connectivity index (χ4v) is 1.54. The van der Waals surface area contributed by atoms with Crippen LogP contribution in [0.5, 0.6) is 5.75 Å². The van der Waals surface area contributed by atoms with Crippen molar-refractivity contribution in [1.82, 2.24) is 4.98 Å². The lowest BCUT2D eigenvalue weighted by Crippen LogP contribution is -2.08. The van der Waals surface area contributed by atoms with Crippen molar-refractivity contribution in [3.8, 4) is 17.0 Å². The molecule has 2 rings (SSSR count). The third-order valence-electron chi connectivity index (χ3n) is 2.52. The van der Waals surface area contributed by atoms with E-state index in [4.69, 9.17) is 0 Å². The minimum atomic E-state index is -2.57. The van der Waals surface area contributed by atoms with E-state index in [1.807, 2.05) is 0 Å². The van der Waals surface area contributed by atoms with Crippen molar-refractivity contribution >= 4 is 0 Å². The van der Waals surface area contributed by atoms with Gasteiger partial charge in [0.2, 0.25) is 23.2 Å². The summed E-state index contributed by atoms with van der Waals surface area (Å²) in [6.45, 7) is 0. The zero-order valence-corrected chi connectivity index (χ0v) is 9.76. The zero-order chi connectivity index (χ0) is 16.8. The van der Waals surface area contributed by atoms with Crippen molar-refractivity contribution in [2.75, 3.05) is 0 Å². The molecule has 0 amide bonds. The predicted octanol–water partition coefficient (Wildman–Crippen LogP) is 4.12. The summed E-state index contributed by atoms with van der Waals surface area (Å²) < 4.78 is 117. The molecule has 22 heavy (non-hydrogen) atoms. The largest absolute Gasteiger partial charge is 0.289 e. The summed E-state index contributed by atoms with van der Waals surface area (Å²) in [7, 11) is 0. The number of hydrogen-bond donors (Lipinski definition) is 0. The summed E-state index contributed by atoms with van der Waals surface area (Å²) in [5, 5.41) is 0. The zero-order valence-electron chi connectivity index (χ0n) is 9.76. The van der Waals surface area contributed by atoms with E-state index in [-0.39, 0.29) is 0 Å². The van der Waals surface area contributed by atoms with Gasteiger partial charge in [0.25, 0.3) is 5.95 Å². The smallest absolute Gasteiger partial charge is 0.252 e. The molecule has 0 aliphatic carbocycles. The fraction of sp³-hybridized carbons (Fsp3) is 0. The average molecular weight is 333 g/mol. The maximum absolute atomic E-state index is 13.5. The van der Waals surface area contributed by atoms with Gasteiger partial charge in [0.1, 0.15) is 5.69 Å². The molecule has 118 valence electrons. The molecule has 1 aromatic heterocycles. The van der Waals surface area contributed by atoms with Crippen molar-refractivity contribution in [2.45, 2.75) is 0 Å². The van der Waals surface area contributed by atoms with Gasteiger partial charge in [-0.15, -0.1) is 0 Å². The van der Waals surface area contributed by atoms with Crippen LogP contribution >= 0.6 is 0 Å². The topological polar surface area (TPSA) is 22.1 Å². The quantitative estimate of drug-likeness (QED) is 0.357. The van der Waals surface area contributed by atoms with Crippen molar-refractivity contribution < 1.29 is 44.6 Å².